The van der Waals surface area contributed by atoms with Crippen molar-refractivity contribution in [3.8, 4) is 0 Å². The van der Waals surface area contributed by atoms with Crippen molar-refractivity contribution in [3.05, 3.63) is 53.1 Å². The van der Waals surface area contributed by atoms with Crippen LogP contribution in [0.25, 0.3) is 0 Å². The number of halogens is 1. The molecule has 0 unspecified atom stereocenters. The van der Waals surface area contributed by atoms with Crippen LogP contribution in [0.2, 0.25) is 5.02 Å². The van der Waals surface area contributed by atoms with Crippen molar-refractivity contribution in [2.75, 3.05) is 37.6 Å². The molecule has 8 heteroatoms. The second kappa shape index (κ2) is 8.14. The predicted molar refractivity (Wildman–Crippen MR) is 99.3 cm³/mol. The highest BCUT2D eigenvalue weighted by Gasteiger charge is 2.21. The van der Waals surface area contributed by atoms with E-state index in [4.69, 9.17) is 11.6 Å². The maximum Gasteiger partial charge on any atom is 0.271 e. The van der Waals surface area contributed by atoms with Crippen LogP contribution in [-0.4, -0.2) is 59.4 Å². The molecule has 3 rings (SSSR count). The fourth-order valence-electron chi connectivity index (χ4n) is 2.73. The number of rotatable bonds is 4. The third kappa shape index (κ3) is 4.49. The Bertz CT molecular complexity index is 771. The van der Waals surface area contributed by atoms with E-state index in [1.54, 1.807) is 11.8 Å². The lowest BCUT2D eigenvalue weighted by Crippen LogP contribution is -2.51. The Labute approximate surface area is 157 Å². The summed E-state index contributed by atoms with van der Waals surface area (Å²) < 4.78 is 0. The normalized spacial score (nSPS) is 14.2. The van der Waals surface area contributed by atoms with Crippen molar-refractivity contribution in [1.82, 2.24) is 20.2 Å². The number of carbonyl (C=O) groups excluding carboxylic acids is 2. The fraction of sp³-hybridized carbons (Fsp3) is 0.333. The Balaban J connectivity index is 1.47. The van der Waals surface area contributed by atoms with E-state index in [1.165, 1.54) is 12.4 Å². The summed E-state index contributed by atoms with van der Waals surface area (Å²) in [5, 5.41) is 3.31. The van der Waals surface area contributed by atoms with Crippen LogP contribution >= 0.6 is 11.6 Å². The molecule has 7 nitrogen and oxygen atoms in total. The first-order valence-corrected chi connectivity index (χ1v) is 8.76. The fourth-order valence-corrected chi connectivity index (χ4v) is 2.86. The summed E-state index contributed by atoms with van der Waals surface area (Å²) in [6.07, 6.45) is 2.92. The molecule has 2 amide bonds. The van der Waals surface area contributed by atoms with Crippen LogP contribution in [-0.2, 0) is 4.79 Å². The van der Waals surface area contributed by atoms with Gasteiger partial charge >= 0.3 is 0 Å². The molecule has 2 heterocycles. The minimum Gasteiger partial charge on any atom is -0.368 e. The molecule has 1 N–H and O–H groups in total. The van der Waals surface area contributed by atoms with E-state index in [-0.39, 0.29) is 18.1 Å². The minimum absolute atomic E-state index is 0.0463. The average Bonchev–Trinajstić information content (AvgIpc) is 2.67. The Kier molecular flexibility index (Phi) is 5.68. The molecular weight excluding hydrogens is 354 g/mol. The van der Waals surface area contributed by atoms with Crippen LogP contribution < -0.4 is 10.2 Å². The molecule has 0 atom stereocenters. The molecule has 0 bridgehead atoms. The van der Waals surface area contributed by atoms with E-state index in [1.807, 2.05) is 24.3 Å². The zero-order valence-electron chi connectivity index (χ0n) is 14.5. The van der Waals surface area contributed by atoms with Gasteiger partial charge in [-0.05, 0) is 31.2 Å². The highest BCUT2D eigenvalue weighted by Crippen LogP contribution is 2.19. The molecule has 0 spiro atoms. The topological polar surface area (TPSA) is 78.4 Å². The smallest absolute Gasteiger partial charge is 0.271 e. The number of carbonyl (C=O) groups is 2. The zero-order valence-corrected chi connectivity index (χ0v) is 15.2. The first-order chi connectivity index (χ1) is 12.5. The first kappa shape index (κ1) is 18.1. The number of aryl methyl sites for hydroxylation is 1. The van der Waals surface area contributed by atoms with Gasteiger partial charge in [0.1, 0.15) is 5.69 Å². The van der Waals surface area contributed by atoms with E-state index in [9.17, 15) is 9.59 Å². The van der Waals surface area contributed by atoms with Crippen molar-refractivity contribution >= 4 is 29.1 Å². The summed E-state index contributed by atoms with van der Waals surface area (Å²) in [5.74, 6) is -0.500. The van der Waals surface area contributed by atoms with Crippen LogP contribution in [0.1, 0.15) is 16.2 Å². The summed E-state index contributed by atoms with van der Waals surface area (Å²) in [4.78, 5) is 36.3. The van der Waals surface area contributed by atoms with Crippen LogP contribution in [0.15, 0.2) is 36.7 Å². The highest BCUT2D eigenvalue weighted by molar-refractivity contribution is 6.30. The van der Waals surface area contributed by atoms with Crippen LogP contribution in [0.5, 0.6) is 0 Å². The lowest BCUT2D eigenvalue weighted by atomic mass is 10.2. The molecule has 0 saturated carbocycles. The SMILES string of the molecule is Cc1cnc(C(=O)NCC(=O)N2CCN(c3ccc(Cl)cc3)CC2)cn1. The molecule has 2 aromatic rings. The Morgan fingerprint density at radius 3 is 2.38 bits per heavy atom. The third-order valence-corrected chi connectivity index (χ3v) is 4.49. The molecule has 26 heavy (non-hydrogen) atoms. The number of nitrogens with zero attached hydrogens (tertiary/aromatic N) is 4. The molecular formula is C18H20ClN5O2. The summed E-state index contributed by atoms with van der Waals surface area (Å²) >= 11 is 5.91. The van der Waals surface area contributed by atoms with Crippen molar-refractivity contribution < 1.29 is 9.59 Å². The molecule has 136 valence electrons. The molecule has 1 aromatic heterocycles. The van der Waals surface area contributed by atoms with Gasteiger partial charge in [0.05, 0.1) is 18.4 Å². The molecule has 1 aliphatic rings. The van der Waals surface area contributed by atoms with E-state index in [2.05, 4.69) is 20.2 Å². The van der Waals surface area contributed by atoms with Crippen molar-refractivity contribution in [2.24, 2.45) is 0 Å². The van der Waals surface area contributed by atoms with E-state index < -0.39 is 5.91 Å². The summed E-state index contributed by atoms with van der Waals surface area (Å²) in [6, 6.07) is 7.67. The molecule has 1 aliphatic heterocycles. The monoisotopic (exact) mass is 373 g/mol. The lowest BCUT2D eigenvalue weighted by Gasteiger charge is -2.36. The number of nitrogens with one attached hydrogen (secondary N) is 1. The minimum atomic E-state index is -0.398. The Hall–Kier alpha value is -2.67. The second-order valence-corrected chi connectivity index (χ2v) is 6.51. The van der Waals surface area contributed by atoms with Crippen molar-refractivity contribution in [2.45, 2.75) is 6.92 Å². The van der Waals surface area contributed by atoms with Crippen molar-refractivity contribution in [1.29, 1.82) is 0 Å². The highest BCUT2D eigenvalue weighted by atomic mass is 35.5. The molecule has 1 saturated heterocycles. The molecule has 1 aromatic carbocycles. The first-order valence-electron chi connectivity index (χ1n) is 8.38. The number of benzene rings is 1. The van der Waals surface area contributed by atoms with Gasteiger partial charge in [0.15, 0.2) is 0 Å². The number of hydrogen-bond acceptors (Lipinski definition) is 5. The van der Waals surface area contributed by atoms with Gasteiger partial charge in [0.25, 0.3) is 5.91 Å². The maximum absolute atomic E-state index is 12.3. The summed E-state index contributed by atoms with van der Waals surface area (Å²) in [6.45, 7) is 4.45. The number of aromatic nitrogens is 2. The third-order valence-electron chi connectivity index (χ3n) is 4.24. The number of piperazine rings is 1. The summed E-state index contributed by atoms with van der Waals surface area (Å²) in [7, 11) is 0. The summed E-state index contributed by atoms with van der Waals surface area (Å²) in [5.41, 5.74) is 2.03. The molecule has 0 aliphatic carbocycles. The lowest BCUT2D eigenvalue weighted by molar-refractivity contribution is -0.130. The zero-order chi connectivity index (χ0) is 18.5. The number of amides is 2. The second-order valence-electron chi connectivity index (χ2n) is 6.07. The van der Waals surface area contributed by atoms with Crippen LogP contribution in [0.3, 0.4) is 0 Å². The van der Waals surface area contributed by atoms with Gasteiger partial charge in [-0.15, -0.1) is 0 Å². The number of hydrogen-bond donors (Lipinski definition) is 1. The predicted octanol–water partition coefficient (Wildman–Crippen LogP) is 1.52. The van der Waals surface area contributed by atoms with Gasteiger partial charge < -0.3 is 15.1 Å². The molecule has 0 radical (unpaired) electrons. The van der Waals surface area contributed by atoms with Crippen LogP contribution in [0.4, 0.5) is 5.69 Å². The van der Waals surface area contributed by atoms with Crippen molar-refractivity contribution in [3.63, 3.8) is 0 Å². The van der Waals surface area contributed by atoms with E-state index in [0.29, 0.717) is 18.1 Å². The van der Waals surface area contributed by atoms with E-state index >= 15 is 0 Å². The van der Waals surface area contributed by atoms with Gasteiger partial charge in [-0.2, -0.15) is 0 Å². The standard InChI is InChI=1S/C18H20ClN5O2/c1-13-10-21-16(11-20-13)18(26)22-12-17(25)24-8-6-23(7-9-24)15-4-2-14(19)3-5-15/h2-5,10-11H,6-9,12H2,1H3,(H,22,26). The van der Waals surface area contributed by atoms with Gasteiger partial charge in [-0.1, -0.05) is 11.6 Å². The Morgan fingerprint density at radius 2 is 1.77 bits per heavy atom. The van der Waals surface area contributed by atoms with Gasteiger partial charge in [-0.25, -0.2) is 4.98 Å². The largest absolute Gasteiger partial charge is 0.368 e. The average molecular weight is 374 g/mol. The van der Waals surface area contributed by atoms with Crippen LogP contribution in [0, 0.1) is 6.92 Å². The maximum atomic E-state index is 12.3. The van der Waals surface area contributed by atoms with Gasteiger partial charge in [0.2, 0.25) is 5.91 Å². The molecule has 1 fully saturated rings. The Morgan fingerprint density at radius 1 is 1.08 bits per heavy atom. The number of anilines is 1. The quantitative estimate of drug-likeness (QED) is 0.879. The van der Waals surface area contributed by atoms with Gasteiger partial charge in [0, 0.05) is 43.1 Å². The van der Waals surface area contributed by atoms with Gasteiger partial charge in [-0.3, -0.25) is 14.6 Å². The van der Waals surface area contributed by atoms with E-state index in [0.717, 1.165) is 24.5 Å².